The van der Waals surface area contributed by atoms with Crippen LogP contribution in [0.4, 0.5) is 0 Å². The van der Waals surface area contributed by atoms with Crippen LogP contribution in [0.1, 0.15) is 26.3 Å². The zero-order valence-electron chi connectivity index (χ0n) is 17.5. The monoisotopic (exact) mass is 444 g/mol. The highest BCUT2D eigenvalue weighted by atomic mass is 32.1. The van der Waals surface area contributed by atoms with Crippen molar-refractivity contribution in [2.24, 2.45) is 0 Å². The third kappa shape index (κ3) is 4.26. The van der Waals surface area contributed by atoms with Gasteiger partial charge in [-0.3, -0.25) is 4.79 Å². The van der Waals surface area contributed by atoms with Crippen molar-refractivity contribution in [3.63, 3.8) is 0 Å². The summed E-state index contributed by atoms with van der Waals surface area (Å²) in [6, 6.07) is 19.9. The molecule has 32 heavy (non-hydrogen) atoms. The molecular weight excluding hydrogens is 424 g/mol. The molecule has 1 heterocycles. The molecule has 0 aliphatic heterocycles. The Kier molecular flexibility index (Phi) is 6.05. The first-order valence-corrected chi connectivity index (χ1v) is 10.6. The molecule has 0 saturated heterocycles. The summed E-state index contributed by atoms with van der Waals surface area (Å²) in [7, 11) is 3.18. The van der Waals surface area contributed by atoms with E-state index in [-0.39, 0.29) is 11.3 Å². The molecule has 0 amide bonds. The number of rotatable bonds is 7. The Morgan fingerprint density at radius 3 is 2.22 bits per heavy atom. The number of thiophene rings is 1. The van der Waals surface area contributed by atoms with Gasteiger partial charge in [-0.15, -0.1) is 11.3 Å². The van der Waals surface area contributed by atoms with E-state index in [0.29, 0.717) is 17.1 Å². The van der Waals surface area contributed by atoms with Gasteiger partial charge in [-0.05, 0) is 47.9 Å². The summed E-state index contributed by atoms with van der Waals surface area (Å²) in [5, 5.41) is 10.2. The molecule has 0 aliphatic carbocycles. The van der Waals surface area contributed by atoms with Gasteiger partial charge in [0.15, 0.2) is 5.78 Å². The highest BCUT2D eigenvalue weighted by Gasteiger charge is 2.14. The second-order valence-electron chi connectivity index (χ2n) is 7.02. The molecule has 0 radical (unpaired) electrons. The zero-order valence-corrected chi connectivity index (χ0v) is 18.3. The lowest BCUT2D eigenvalue weighted by atomic mass is 10.0. The minimum atomic E-state index is -1.03. The van der Waals surface area contributed by atoms with Crippen molar-refractivity contribution in [2.45, 2.75) is 0 Å². The Morgan fingerprint density at radius 2 is 1.56 bits per heavy atom. The second kappa shape index (κ2) is 9.08. The third-order valence-corrected chi connectivity index (χ3v) is 6.22. The smallest absolute Gasteiger partial charge is 0.335 e. The number of aromatic carboxylic acids is 1. The lowest BCUT2D eigenvalue weighted by Crippen LogP contribution is -1.99. The van der Waals surface area contributed by atoms with Gasteiger partial charge in [0.25, 0.3) is 0 Å². The number of methoxy groups -OCH3 is 2. The average Bonchev–Trinajstić information content (AvgIpc) is 3.26. The van der Waals surface area contributed by atoms with E-state index in [1.807, 2.05) is 24.3 Å². The van der Waals surface area contributed by atoms with Crippen molar-refractivity contribution in [2.75, 3.05) is 14.2 Å². The van der Waals surface area contributed by atoms with Crippen LogP contribution in [0.2, 0.25) is 0 Å². The molecular formula is C26H20O5S. The van der Waals surface area contributed by atoms with Crippen LogP contribution in [0.15, 0.2) is 72.8 Å². The van der Waals surface area contributed by atoms with Crippen molar-refractivity contribution < 1.29 is 24.2 Å². The van der Waals surface area contributed by atoms with Gasteiger partial charge >= 0.3 is 5.97 Å². The minimum Gasteiger partial charge on any atom is -0.496 e. The number of fused-ring (bicyclic) bond motifs is 1. The molecule has 160 valence electrons. The molecule has 5 nitrogen and oxygen atoms in total. The Balaban J connectivity index is 1.70. The van der Waals surface area contributed by atoms with Gasteiger partial charge in [0.05, 0.1) is 19.8 Å². The van der Waals surface area contributed by atoms with Crippen LogP contribution in [0.5, 0.6) is 11.5 Å². The minimum absolute atomic E-state index is 0.135. The molecule has 1 N–H and O–H groups in total. The molecule has 3 aromatic carbocycles. The molecule has 4 aromatic rings. The molecule has 4 rings (SSSR count). The summed E-state index contributed by atoms with van der Waals surface area (Å²) < 4.78 is 12.3. The summed E-state index contributed by atoms with van der Waals surface area (Å²) >= 11 is 1.67. The fourth-order valence-corrected chi connectivity index (χ4v) is 4.48. The fraction of sp³-hybridized carbons (Fsp3) is 0.0769. The number of carboxylic acid groups (broad SMARTS) is 1. The summed E-state index contributed by atoms with van der Waals surface area (Å²) in [5.74, 6) is -0.00220. The molecule has 0 spiro atoms. The molecule has 0 aliphatic rings. The Morgan fingerprint density at radius 1 is 0.875 bits per heavy atom. The largest absolute Gasteiger partial charge is 0.496 e. The Labute approximate surface area is 189 Å². The average molecular weight is 445 g/mol. The van der Waals surface area contributed by atoms with Gasteiger partial charge in [-0.1, -0.05) is 30.3 Å². The summed E-state index contributed by atoms with van der Waals surface area (Å²) in [4.78, 5) is 24.6. The Bertz CT molecular complexity index is 1300. The van der Waals surface area contributed by atoms with Gasteiger partial charge in [-0.2, -0.15) is 0 Å². The van der Waals surface area contributed by atoms with E-state index in [9.17, 15) is 9.59 Å². The Hall–Kier alpha value is -3.90. The van der Waals surface area contributed by atoms with E-state index in [1.165, 1.54) is 35.0 Å². The highest BCUT2D eigenvalue weighted by molar-refractivity contribution is 7.22. The van der Waals surface area contributed by atoms with Crippen molar-refractivity contribution in [3.05, 3.63) is 89.5 Å². The maximum absolute atomic E-state index is 12.6. The molecule has 0 unspecified atom stereocenters. The molecule has 0 bridgehead atoms. The number of hydrogen-bond donors (Lipinski definition) is 1. The first-order valence-electron chi connectivity index (χ1n) is 9.81. The summed E-state index contributed by atoms with van der Waals surface area (Å²) in [6.07, 6.45) is 3.15. The van der Waals surface area contributed by atoms with Gasteiger partial charge in [0.1, 0.15) is 11.5 Å². The van der Waals surface area contributed by atoms with Gasteiger partial charge in [0, 0.05) is 32.3 Å². The number of allylic oxidation sites excluding steroid dienone is 1. The maximum Gasteiger partial charge on any atom is 0.335 e. The molecule has 1 aromatic heterocycles. The van der Waals surface area contributed by atoms with E-state index in [2.05, 4.69) is 18.2 Å². The van der Waals surface area contributed by atoms with E-state index in [0.717, 1.165) is 21.4 Å². The molecule has 0 fully saturated rings. The number of benzene rings is 3. The highest BCUT2D eigenvalue weighted by Crippen LogP contribution is 2.41. The first kappa shape index (κ1) is 21.3. The van der Waals surface area contributed by atoms with Crippen LogP contribution in [-0.4, -0.2) is 31.1 Å². The molecule has 0 atom stereocenters. The van der Waals surface area contributed by atoms with Gasteiger partial charge in [-0.25, -0.2) is 4.79 Å². The van der Waals surface area contributed by atoms with Crippen LogP contribution < -0.4 is 9.47 Å². The normalized spacial score (nSPS) is 11.1. The number of ketones is 1. The fourth-order valence-electron chi connectivity index (χ4n) is 3.40. The van der Waals surface area contributed by atoms with Gasteiger partial charge in [0.2, 0.25) is 0 Å². The SMILES string of the molecule is COc1cc(OC)c(-c2cc3ccccc3s2)cc1C=CC(=O)c1ccc(C(=O)O)cc1. The van der Waals surface area contributed by atoms with Crippen molar-refractivity contribution in [1.82, 2.24) is 0 Å². The standard InChI is InChI=1S/C26H20O5S/c1-30-22-15-23(31-2)20(25-14-19-5-3-4-6-24(19)32-25)13-18(22)11-12-21(27)16-7-9-17(10-8-16)26(28)29/h3-15H,1-2H3,(H,28,29). The quantitative estimate of drug-likeness (QED) is 0.272. The van der Waals surface area contributed by atoms with Crippen LogP contribution in [0, 0.1) is 0 Å². The van der Waals surface area contributed by atoms with E-state index >= 15 is 0 Å². The van der Waals surface area contributed by atoms with Gasteiger partial charge < -0.3 is 14.6 Å². The van der Waals surface area contributed by atoms with E-state index < -0.39 is 5.97 Å². The molecule has 6 heteroatoms. The number of carbonyl (C=O) groups excluding carboxylic acids is 1. The second-order valence-corrected chi connectivity index (χ2v) is 8.11. The van der Waals surface area contributed by atoms with Crippen LogP contribution in [0.25, 0.3) is 26.6 Å². The number of carboxylic acids is 1. The van der Waals surface area contributed by atoms with Crippen LogP contribution >= 0.6 is 11.3 Å². The van der Waals surface area contributed by atoms with E-state index in [4.69, 9.17) is 14.6 Å². The summed E-state index contributed by atoms with van der Waals surface area (Å²) in [6.45, 7) is 0. The third-order valence-electron chi connectivity index (χ3n) is 5.07. The van der Waals surface area contributed by atoms with Crippen molar-refractivity contribution in [3.8, 4) is 21.9 Å². The first-order chi connectivity index (χ1) is 15.5. The summed E-state index contributed by atoms with van der Waals surface area (Å²) in [5.41, 5.74) is 2.18. The van der Waals surface area contributed by atoms with E-state index in [1.54, 1.807) is 31.6 Å². The topological polar surface area (TPSA) is 72.8 Å². The predicted molar refractivity (Wildman–Crippen MR) is 127 cm³/mol. The maximum atomic E-state index is 12.6. The number of ether oxygens (including phenoxy) is 2. The number of hydrogen-bond acceptors (Lipinski definition) is 5. The predicted octanol–water partition coefficient (Wildman–Crippen LogP) is 6.18. The lowest BCUT2D eigenvalue weighted by Gasteiger charge is -2.12. The zero-order chi connectivity index (χ0) is 22.7. The number of carbonyl (C=O) groups is 2. The van der Waals surface area contributed by atoms with Crippen molar-refractivity contribution in [1.29, 1.82) is 0 Å². The molecule has 0 saturated carbocycles. The van der Waals surface area contributed by atoms with Crippen LogP contribution in [-0.2, 0) is 0 Å². The van der Waals surface area contributed by atoms with Crippen molar-refractivity contribution >= 4 is 39.3 Å². The van der Waals surface area contributed by atoms with Crippen LogP contribution in [0.3, 0.4) is 0 Å². The lowest BCUT2D eigenvalue weighted by molar-refractivity contribution is 0.0696.